The Morgan fingerprint density at radius 1 is 1.06 bits per heavy atom. The maximum Gasteiger partial charge on any atom is 0.264 e. The third-order valence-corrected chi connectivity index (χ3v) is 6.36. The molecule has 0 radical (unpaired) electrons. The number of nitrogens with one attached hydrogen (secondary N) is 1. The summed E-state index contributed by atoms with van der Waals surface area (Å²) >= 11 is 0. The van der Waals surface area contributed by atoms with Crippen LogP contribution in [-0.2, 0) is 10.0 Å². The third kappa shape index (κ3) is 5.32. The molecule has 0 fully saturated rings. The van der Waals surface area contributed by atoms with Gasteiger partial charge in [0.25, 0.3) is 15.9 Å². The highest BCUT2D eigenvalue weighted by Crippen LogP contribution is 2.24. The second-order valence-corrected chi connectivity index (χ2v) is 8.89. The fourth-order valence-corrected chi connectivity index (χ4v) is 4.17. The Labute approximate surface area is 182 Å². The van der Waals surface area contributed by atoms with Gasteiger partial charge in [-0.3, -0.25) is 9.10 Å². The zero-order valence-corrected chi connectivity index (χ0v) is 18.2. The first kappa shape index (κ1) is 22.1. The number of aryl methyl sites for hydroxylation is 1. The van der Waals surface area contributed by atoms with Crippen molar-refractivity contribution in [3.05, 3.63) is 96.6 Å². The molecule has 0 aromatic heterocycles. The van der Waals surface area contributed by atoms with E-state index in [1.807, 2.05) is 13.0 Å². The van der Waals surface area contributed by atoms with Gasteiger partial charge in [-0.2, -0.15) is 0 Å². The van der Waals surface area contributed by atoms with E-state index >= 15 is 0 Å². The fourth-order valence-electron chi connectivity index (χ4n) is 2.94. The predicted molar refractivity (Wildman–Crippen MR) is 123 cm³/mol. The first-order valence-corrected chi connectivity index (χ1v) is 11.1. The second-order valence-electron chi connectivity index (χ2n) is 6.92. The zero-order valence-electron chi connectivity index (χ0n) is 17.4. The molecule has 6 nitrogen and oxygen atoms in total. The standard InChI is InChI=1S/C24H24N2O4S/c1-4-14-30-22-12-7-10-20(17-22)25-24(27)19-9-6-13-23(16-19)31(28,29)26(3)21-11-5-8-18(2)15-21/h4-13,15-17H,1,14H2,2-3H3,(H,25,27). The fraction of sp³-hybridized carbons (Fsp3) is 0.125. The van der Waals surface area contributed by atoms with Gasteiger partial charge in [-0.25, -0.2) is 8.42 Å². The summed E-state index contributed by atoms with van der Waals surface area (Å²) in [7, 11) is -2.34. The van der Waals surface area contributed by atoms with E-state index in [4.69, 9.17) is 4.74 Å². The van der Waals surface area contributed by atoms with Crippen LogP contribution in [0.3, 0.4) is 0 Å². The van der Waals surface area contributed by atoms with Gasteiger partial charge in [0.2, 0.25) is 0 Å². The lowest BCUT2D eigenvalue weighted by molar-refractivity contribution is 0.102. The first-order chi connectivity index (χ1) is 14.8. The number of carbonyl (C=O) groups excluding carboxylic acids is 1. The number of benzene rings is 3. The molecule has 0 heterocycles. The van der Waals surface area contributed by atoms with Crippen molar-refractivity contribution in [2.45, 2.75) is 11.8 Å². The third-order valence-electron chi connectivity index (χ3n) is 4.58. The smallest absolute Gasteiger partial charge is 0.264 e. The molecular weight excluding hydrogens is 412 g/mol. The van der Waals surface area contributed by atoms with E-state index in [0.29, 0.717) is 23.7 Å². The summed E-state index contributed by atoms with van der Waals surface area (Å²) in [5.74, 6) is 0.171. The highest BCUT2D eigenvalue weighted by molar-refractivity contribution is 7.92. The van der Waals surface area contributed by atoms with Crippen molar-refractivity contribution < 1.29 is 17.9 Å². The molecule has 3 aromatic carbocycles. The van der Waals surface area contributed by atoms with E-state index in [1.165, 1.54) is 23.5 Å². The van der Waals surface area contributed by atoms with Crippen LogP contribution in [0.4, 0.5) is 11.4 Å². The summed E-state index contributed by atoms with van der Waals surface area (Å²) in [6.07, 6.45) is 1.63. The highest BCUT2D eigenvalue weighted by atomic mass is 32.2. The van der Waals surface area contributed by atoms with Crippen LogP contribution >= 0.6 is 0 Å². The lowest BCUT2D eigenvalue weighted by Gasteiger charge is -2.20. The van der Waals surface area contributed by atoms with Crippen molar-refractivity contribution >= 4 is 27.3 Å². The van der Waals surface area contributed by atoms with E-state index in [1.54, 1.807) is 60.7 Å². The summed E-state index contributed by atoms with van der Waals surface area (Å²) in [4.78, 5) is 12.8. The Morgan fingerprint density at radius 3 is 2.55 bits per heavy atom. The number of carbonyl (C=O) groups is 1. The molecule has 31 heavy (non-hydrogen) atoms. The minimum atomic E-state index is -3.83. The van der Waals surface area contributed by atoms with Crippen molar-refractivity contribution in [1.29, 1.82) is 0 Å². The lowest BCUT2D eigenvalue weighted by atomic mass is 10.2. The summed E-state index contributed by atoms with van der Waals surface area (Å²) in [5, 5.41) is 2.77. The largest absolute Gasteiger partial charge is 0.489 e. The molecule has 0 saturated carbocycles. The van der Waals surface area contributed by atoms with Crippen molar-refractivity contribution in [3.8, 4) is 5.75 Å². The Kier molecular flexibility index (Phi) is 6.77. The van der Waals surface area contributed by atoms with Crippen LogP contribution in [0, 0.1) is 6.92 Å². The van der Waals surface area contributed by atoms with Crippen LogP contribution < -0.4 is 14.4 Å². The van der Waals surface area contributed by atoms with Gasteiger partial charge in [0.1, 0.15) is 12.4 Å². The molecule has 0 aliphatic heterocycles. The average molecular weight is 437 g/mol. The highest BCUT2D eigenvalue weighted by Gasteiger charge is 2.22. The van der Waals surface area contributed by atoms with Crippen LogP contribution in [0.15, 0.2) is 90.3 Å². The molecule has 0 unspecified atom stereocenters. The average Bonchev–Trinajstić information content (AvgIpc) is 2.77. The van der Waals surface area contributed by atoms with Gasteiger partial charge >= 0.3 is 0 Å². The van der Waals surface area contributed by atoms with Gasteiger partial charge in [0.05, 0.1) is 10.6 Å². The van der Waals surface area contributed by atoms with Gasteiger partial charge in [-0.1, -0.05) is 36.9 Å². The number of hydrogen-bond acceptors (Lipinski definition) is 4. The Hall–Kier alpha value is -3.58. The minimum Gasteiger partial charge on any atom is -0.489 e. The molecule has 0 saturated heterocycles. The molecule has 0 bridgehead atoms. The molecule has 160 valence electrons. The lowest BCUT2D eigenvalue weighted by Crippen LogP contribution is -2.27. The van der Waals surface area contributed by atoms with Gasteiger partial charge < -0.3 is 10.1 Å². The SMILES string of the molecule is C=CCOc1cccc(NC(=O)c2cccc(S(=O)(=O)N(C)c3cccc(C)c3)c2)c1. The van der Waals surface area contributed by atoms with Gasteiger partial charge in [-0.15, -0.1) is 0 Å². The summed E-state index contributed by atoms with van der Waals surface area (Å²) in [5.41, 5.74) is 2.27. The molecule has 0 aliphatic carbocycles. The van der Waals surface area contributed by atoms with E-state index in [2.05, 4.69) is 11.9 Å². The summed E-state index contributed by atoms with van der Waals surface area (Å²) in [6, 6.07) is 20.1. The first-order valence-electron chi connectivity index (χ1n) is 9.62. The molecule has 3 rings (SSSR count). The number of nitrogens with zero attached hydrogens (tertiary/aromatic N) is 1. The number of anilines is 2. The number of sulfonamides is 1. The monoisotopic (exact) mass is 436 g/mol. The second kappa shape index (κ2) is 9.49. The van der Waals surface area contributed by atoms with Crippen LogP contribution in [0.25, 0.3) is 0 Å². The van der Waals surface area contributed by atoms with Crippen molar-refractivity contribution in [3.63, 3.8) is 0 Å². The maximum absolute atomic E-state index is 13.1. The number of ether oxygens (including phenoxy) is 1. The zero-order chi connectivity index (χ0) is 22.4. The van der Waals surface area contributed by atoms with Gasteiger partial charge in [0, 0.05) is 24.4 Å². The molecule has 0 aliphatic rings. The van der Waals surface area contributed by atoms with Crippen LogP contribution in [-0.4, -0.2) is 28.0 Å². The van der Waals surface area contributed by atoms with Crippen LogP contribution in [0.2, 0.25) is 0 Å². The molecular formula is C24H24N2O4S. The molecule has 0 atom stereocenters. The molecule has 0 spiro atoms. The summed E-state index contributed by atoms with van der Waals surface area (Å²) < 4.78 is 32.9. The van der Waals surface area contributed by atoms with Gasteiger partial charge in [0.15, 0.2) is 0 Å². The van der Waals surface area contributed by atoms with Crippen LogP contribution in [0.1, 0.15) is 15.9 Å². The van der Waals surface area contributed by atoms with E-state index in [-0.39, 0.29) is 10.5 Å². The van der Waals surface area contributed by atoms with Crippen molar-refractivity contribution in [2.75, 3.05) is 23.3 Å². The maximum atomic E-state index is 13.1. The predicted octanol–water partition coefficient (Wildman–Crippen LogP) is 4.64. The Morgan fingerprint density at radius 2 is 1.81 bits per heavy atom. The minimum absolute atomic E-state index is 0.0345. The van der Waals surface area contributed by atoms with E-state index in [0.717, 1.165) is 5.56 Å². The van der Waals surface area contributed by atoms with E-state index < -0.39 is 15.9 Å². The normalized spacial score (nSPS) is 10.9. The molecule has 3 aromatic rings. The Bertz CT molecular complexity index is 1210. The van der Waals surface area contributed by atoms with Crippen molar-refractivity contribution in [1.82, 2.24) is 0 Å². The van der Waals surface area contributed by atoms with Gasteiger partial charge in [-0.05, 0) is 55.0 Å². The quantitative estimate of drug-likeness (QED) is 0.522. The summed E-state index contributed by atoms with van der Waals surface area (Å²) in [6.45, 7) is 5.85. The number of hydrogen-bond donors (Lipinski definition) is 1. The number of rotatable bonds is 8. The molecule has 1 amide bonds. The Balaban J connectivity index is 1.82. The van der Waals surface area contributed by atoms with E-state index in [9.17, 15) is 13.2 Å². The molecule has 1 N–H and O–H groups in total. The topological polar surface area (TPSA) is 75.7 Å². The van der Waals surface area contributed by atoms with Crippen molar-refractivity contribution in [2.24, 2.45) is 0 Å². The van der Waals surface area contributed by atoms with Crippen LogP contribution in [0.5, 0.6) is 5.75 Å². The number of amides is 1. The molecule has 7 heteroatoms.